The number of rotatable bonds is 10. The minimum atomic E-state index is 0.390. The van der Waals surface area contributed by atoms with Crippen LogP contribution < -0.4 is 5.32 Å². The van der Waals surface area contributed by atoms with Gasteiger partial charge in [0, 0.05) is 38.1 Å². The minimum Gasteiger partial charge on any atom is -0.385 e. The van der Waals surface area contributed by atoms with Crippen molar-refractivity contribution in [1.29, 1.82) is 0 Å². The Morgan fingerprint density at radius 1 is 1.39 bits per heavy atom. The summed E-state index contributed by atoms with van der Waals surface area (Å²) in [4.78, 5) is 0. The third-order valence-electron chi connectivity index (χ3n) is 2.91. The molecule has 0 aromatic carbocycles. The molecule has 1 aromatic rings. The van der Waals surface area contributed by atoms with Crippen molar-refractivity contribution in [2.45, 2.75) is 32.4 Å². The second-order valence-corrected chi connectivity index (χ2v) is 4.24. The Morgan fingerprint density at radius 3 is 2.89 bits per heavy atom. The summed E-state index contributed by atoms with van der Waals surface area (Å²) >= 11 is 0. The van der Waals surface area contributed by atoms with E-state index in [0.29, 0.717) is 12.6 Å². The van der Waals surface area contributed by atoms with Crippen LogP contribution in [-0.2, 0) is 16.0 Å². The molecule has 0 bridgehead atoms. The summed E-state index contributed by atoms with van der Waals surface area (Å²) in [5.41, 5.74) is 1.24. The summed E-state index contributed by atoms with van der Waals surface area (Å²) in [5, 5.41) is 7.61. The van der Waals surface area contributed by atoms with E-state index in [2.05, 4.69) is 23.5 Å². The maximum Gasteiger partial charge on any atom is 0.0662 e. The van der Waals surface area contributed by atoms with Gasteiger partial charge in [-0.25, -0.2) is 0 Å². The summed E-state index contributed by atoms with van der Waals surface area (Å²) in [7, 11) is 3.68. The number of ether oxygens (including phenoxy) is 2. The first kappa shape index (κ1) is 15.1. The first-order chi connectivity index (χ1) is 8.81. The molecule has 104 valence electrons. The summed E-state index contributed by atoms with van der Waals surface area (Å²) < 4.78 is 12.4. The number of nitrogens with one attached hydrogen (secondary N) is 1. The number of nitrogens with zero attached hydrogens (tertiary/aromatic N) is 2. The van der Waals surface area contributed by atoms with Gasteiger partial charge in [-0.2, -0.15) is 5.10 Å². The molecule has 1 heterocycles. The molecular weight excluding hydrogens is 230 g/mol. The molecule has 0 fully saturated rings. The van der Waals surface area contributed by atoms with Crippen LogP contribution in [0.3, 0.4) is 0 Å². The fourth-order valence-corrected chi connectivity index (χ4v) is 1.85. The highest BCUT2D eigenvalue weighted by Gasteiger charge is 2.08. The van der Waals surface area contributed by atoms with Crippen LogP contribution in [0.1, 0.15) is 31.4 Å². The fraction of sp³-hybridized carbons (Fsp3) is 0.769. The van der Waals surface area contributed by atoms with E-state index in [1.807, 2.05) is 17.9 Å². The van der Waals surface area contributed by atoms with Crippen molar-refractivity contribution in [3.63, 3.8) is 0 Å². The van der Waals surface area contributed by atoms with Gasteiger partial charge in [-0.15, -0.1) is 0 Å². The van der Waals surface area contributed by atoms with E-state index in [9.17, 15) is 0 Å². The number of hydrogen-bond acceptors (Lipinski definition) is 4. The van der Waals surface area contributed by atoms with Crippen LogP contribution in [0.4, 0.5) is 0 Å². The van der Waals surface area contributed by atoms with E-state index >= 15 is 0 Å². The minimum absolute atomic E-state index is 0.390. The van der Waals surface area contributed by atoms with Gasteiger partial charge in [0.1, 0.15) is 0 Å². The van der Waals surface area contributed by atoms with Gasteiger partial charge >= 0.3 is 0 Å². The van der Waals surface area contributed by atoms with Crippen molar-refractivity contribution in [3.05, 3.63) is 18.0 Å². The second-order valence-electron chi connectivity index (χ2n) is 4.24. The van der Waals surface area contributed by atoms with Crippen LogP contribution in [0, 0.1) is 0 Å². The van der Waals surface area contributed by atoms with Crippen LogP contribution in [-0.4, -0.2) is 43.8 Å². The van der Waals surface area contributed by atoms with Crippen LogP contribution in [0.15, 0.2) is 12.4 Å². The van der Waals surface area contributed by atoms with Crippen LogP contribution in [0.2, 0.25) is 0 Å². The maximum atomic E-state index is 5.51. The Balaban J connectivity index is 2.23. The summed E-state index contributed by atoms with van der Waals surface area (Å²) in [6, 6.07) is 0.390. The lowest BCUT2D eigenvalue weighted by Crippen LogP contribution is -2.14. The van der Waals surface area contributed by atoms with Gasteiger partial charge < -0.3 is 14.8 Å². The van der Waals surface area contributed by atoms with E-state index in [0.717, 1.165) is 32.6 Å². The molecule has 0 radical (unpaired) electrons. The molecule has 0 saturated carbocycles. The zero-order valence-corrected chi connectivity index (χ0v) is 11.7. The maximum absolute atomic E-state index is 5.51. The zero-order valence-electron chi connectivity index (χ0n) is 11.7. The number of aromatic nitrogens is 2. The third kappa shape index (κ3) is 5.16. The first-order valence-electron chi connectivity index (χ1n) is 6.58. The molecule has 1 unspecified atom stereocenters. The Labute approximate surface area is 109 Å². The quantitative estimate of drug-likeness (QED) is 0.645. The lowest BCUT2D eigenvalue weighted by molar-refractivity contribution is 0.0961. The molecule has 0 aliphatic carbocycles. The van der Waals surface area contributed by atoms with Gasteiger partial charge in [-0.05, 0) is 19.9 Å². The highest BCUT2D eigenvalue weighted by atomic mass is 16.5. The molecule has 1 rings (SSSR count). The largest absolute Gasteiger partial charge is 0.385 e. The van der Waals surface area contributed by atoms with Crippen molar-refractivity contribution in [2.75, 3.05) is 34.0 Å². The SMILES string of the molecule is CCC(NC)c1cnn(CCOCCCOC)c1. The highest BCUT2D eigenvalue weighted by Crippen LogP contribution is 2.14. The normalized spacial score (nSPS) is 12.8. The monoisotopic (exact) mass is 255 g/mol. The molecule has 1 aromatic heterocycles. The van der Waals surface area contributed by atoms with Crippen molar-refractivity contribution in [2.24, 2.45) is 0 Å². The predicted octanol–water partition coefficient (Wildman–Crippen LogP) is 1.61. The molecule has 5 nitrogen and oxygen atoms in total. The van der Waals surface area contributed by atoms with E-state index < -0.39 is 0 Å². The molecule has 0 aliphatic heterocycles. The zero-order chi connectivity index (χ0) is 13.2. The summed E-state index contributed by atoms with van der Waals surface area (Å²) in [6.07, 6.45) is 6.02. The molecule has 1 atom stereocenters. The molecular formula is C13H25N3O2. The smallest absolute Gasteiger partial charge is 0.0662 e. The lowest BCUT2D eigenvalue weighted by atomic mass is 10.1. The average molecular weight is 255 g/mol. The summed E-state index contributed by atoms with van der Waals surface area (Å²) in [6.45, 7) is 5.16. The number of methoxy groups -OCH3 is 1. The molecule has 0 aliphatic rings. The topological polar surface area (TPSA) is 48.3 Å². The van der Waals surface area contributed by atoms with E-state index in [-0.39, 0.29) is 0 Å². The van der Waals surface area contributed by atoms with Gasteiger partial charge in [0.25, 0.3) is 0 Å². The summed E-state index contributed by atoms with van der Waals surface area (Å²) in [5.74, 6) is 0. The van der Waals surface area contributed by atoms with Crippen molar-refractivity contribution >= 4 is 0 Å². The Hall–Kier alpha value is -0.910. The molecule has 18 heavy (non-hydrogen) atoms. The van der Waals surface area contributed by atoms with E-state index in [1.165, 1.54) is 5.56 Å². The first-order valence-corrected chi connectivity index (χ1v) is 6.58. The fourth-order valence-electron chi connectivity index (χ4n) is 1.85. The van der Waals surface area contributed by atoms with Crippen LogP contribution >= 0.6 is 0 Å². The Kier molecular flexibility index (Phi) is 7.64. The van der Waals surface area contributed by atoms with Crippen molar-refractivity contribution in [1.82, 2.24) is 15.1 Å². The highest BCUT2D eigenvalue weighted by molar-refractivity contribution is 5.09. The Bertz CT molecular complexity index is 311. The van der Waals surface area contributed by atoms with Crippen molar-refractivity contribution < 1.29 is 9.47 Å². The second kappa shape index (κ2) is 9.08. The predicted molar refractivity (Wildman–Crippen MR) is 71.6 cm³/mol. The lowest BCUT2D eigenvalue weighted by Gasteiger charge is -2.10. The third-order valence-corrected chi connectivity index (χ3v) is 2.91. The van der Waals surface area contributed by atoms with Gasteiger partial charge in [0.05, 0.1) is 19.3 Å². The molecule has 1 N–H and O–H groups in total. The van der Waals surface area contributed by atoms with Gasteiger partial charge in [-0.3, -0.25) is 4.68 Å². The number of hydrogen-bond donors (Lipinski definition) is 1. The van der Waals surface area contributed by atoms with Crippen LogP contribution in [0.5, 0.6) is 0 Å². The Morgan fingerprint density at radius 2 is 2.22 bits per heavy atom. The molecule has 0 amide bonds. The standard InChI is InChI=1S/C13H25N3O2/c1-4-13(14-2)12-10-15-16(11-12)6-9-18-8-5-7-17-3/h10-11,13-14H,4-9H2,1-3H3. The average Bonchev–Trinajstić information content (AvgIpc) is 2.84. The van der Waals surface area contributed by atoms with Crippen LogP contribution in [0.25, 0.3) is 0 Å². The van der Waals surface area contributed by atoms with E-state index in [1.54, 1.807) is 7.11 Å². The van der Waals surface area contributed by atoms with Crippen molar-refractivity contribution in [3.8, 4) is 0 Å². The molecule has 0 saturated heterocycles. The van der Waals surface area contributed by atoms with E-state index in [4.69, 9.17) is 9.47 Å². The van der Waals surface area contributed by atoms with Gasteiger partial charge in [0.2, 0.25) is 0 Å². The van der Waals surface area contributed by atoms with Gasteiger partial charge in [0.15, 0.2) is 0 Å². The molecule has 5 heteroatoms. The molecule has 0 spiro atoms. The van der Waals surface area contributed by atoms with Gasteiger partial charge in [-0.1, -0.05) is 6.92 Å².